The molecule has 1 radical (unpaired) electrons. The zero-order valence-corrected chi connectivity index (χ0v) is 7.64. The van der Waals surface area contributed by atoms with Crippen LogP contribution < -0.4 is 0 Å². The quantitative estimate of drug-likeness (QED) is 0.603. The smallest absolute Gasteiger partial charge is 0.187 e. The lowest BCUT2D eigenvalue weighted by atomic mass is 10.1. The predicted octanol–water partition coefficient (Wildman–Crippen LogP) is 2.61. The number of hydrogen-bond acceptors (Lipinski definition) is 1. The lowest BCUT2D eigenvalue weighted by molar-refractivity contribution is 0.104. The number of rotatable bonds is 0. The monoisotopic (exact) mass is 177 g/mol. The maximum absolute atomic E-state index is 11.4. The first-order chi connectivity index (χ1) is 5.77. The molecule has 61 valence electrons. The molecule has 0 unspecified atom stereocenters. The van der Waals surface area contributed by atoms with Crippen molar-refractivity contribution in [2.75, 3.05) is 0 Å². The number of hydrogen-bond donors (Lipinski definition) is 1. The van der Waals surface area contributed by atoms with E-state index >= 15 is 0 Å². The Morgan fingerprint density at radius 2 is 2.00 bits per heavy atom. The van der Waals surface area contributed by atoms with Crippen molar-refractivity contribution >= 4 is 17.5 Å². The molecule has 0 atom stereocenters. The van der Waals surface area contributed by atoms with Crippen LogP contribution in [0.3, 0.4) is 0 Å². The van der Waals surface area contributed by atoms with E-state index in [2.05, 4.69) is 0 Å². The second-order valence-corrected chi connectivity index (χ2v) is 4.19. The van der Waals surface area contributed by atoms with Crippen LogP contribution in [0, 0.1) is 0 Å². The number of allylic oxidation sites excluding steroid dienone is 2. The SMILES string of the molecule is CC1=CC(=O)c2ccccc2[SH]1. The van der Waals surface area contributed by atoms with Crippen molar-refractivity contribution in [3.05, 3.63) is 40.8 Å². The lowest BCUT2D eigenvalue weighted by Crippen LogP contribution is -2.01. The molecule has 2 heteroatoms. The molecule has 1 aliphatic rings. The Kier molecular flexibility index (Phi) is 1.77. The van der Waals surface area contributed by atoms with Gasteiger partial charge in [0.05, 0.1) is 0 Å². The average Bonchev–Trinajstić information content (AvgIpc) is 2.04. The van der Waals surface area contributed by atoms with E-state index in [0.717, 1.165) is 27.1 Å². The van der Waals surface area contributed by atoms with Crippen LogP contribution in [0.5, 0.6) is 0 Å². The van der Waals surface area contributed by atoms with Gasteiger partial charge < -0.3 is 0 Å². The van der Waals surface area contributed by atoms with E-state index in [-0.39, 0.29) is 5.78 Å². The van der Waals surface area contributed by atoms with E-state index < -0.39 is 0 Å². The molecule has 1 nitrogen and oxygen atoms in total. The Morgan fingerprint density at radius 3 is 2.83 bits per heavy atom. The van der Waals surface area contributed by atoms with Crippen LogP contribution in [0.4, 0.5) is 0 Å². The lowest BCUT2D eigenvalue weighted by Gasteiger charge is -2.12. The first-order valence-electron chi connectivity index (χ1n) is 3.81. The zero-order valence-electron chi connectivity index (χ0n) is 6.74. The van der Waals surface area contributed by atoms with Gasteiger partial charge in [0.15, 0.2) is 5.78 Å². The summed E-state index contributed by atoms with van der Waals surface area (Å²) in [5, 5.41) is 0. The van der Waals surface area contributed by atoms with Crippen molar-refractivity contribution in [2.45, 2.75) is 11.8 Å². The number of benzene rings is 1. The summed E-state index contributed by atoms with van der Waals surface area (Å²) in [5.41, 5.74) is 0.852. The number of fused-ring (bicyclic) bond motifs is 1. The van der Waals surface area contributed by atoms with E-state index in [0.29, 0.717) is 0 Å². The number of ketones is 1. The Labute approximate surface area is 75.5 Å². The van der Waals surface area contributed by atoms with Crippen molar-refractivity contribution < 1.29 is 4.79 Å². The Bertz CT molecular complexity index is 366. The summed E-state index contributed by atoms with van der Waals surface area (Å²) in [4.78, 5) is 13.7. The molecule has 2 rings (SSSR count). The van der Waals surface area contributed by atoms with Crippen molar-refractivity contribution in [3.8, 4) is 0 Å². The van der Waals surface area contributed by atoms with Gasteiger partial charge in [0.2, 0.25) is 0 Å². The van der Waals surface area contributed by atoms with Crippen molar-refractivity contribution in [1.82, 2.24) is 0 Å². The molecular weight excluding hydrogens is 168 g/mol. The molecule has 0 N–H and O–H groups in total. The third-order valence-electron chi connectivity index (χ3n) is 1.81. The van der Waals surface area contributed by atoms with Gasteiger partial charge in [-0.25, -0.2) is 0 Å². The number of thiol groups is 1. The summed E-state index contributed by atoms with van der Waals surface area (Å²) in [6.07, 6.45) is 1.71. The summed E-state index contributed by atoms with van der Waals surface area (Å²) < 4.78 is 0. The van der Waals surface area contributed by atoms with Gasteiger partial charge >= 0.3 is 0 Å². The van der Waals surface area contributed by atoms with Gasteiger partial charge in [0.1, 0.15) is 0 Å². The van der Waals surface area contributed by atoms with E-state index in [1.807, 2.05) is 31.2 Å². The predicted molar refractivity (Wildman–Crippen MR) is 51.8 cm³/mol. The summed E-state index contributed by atoms with van der Waals surface area (Å²) in [5.74, 6) is 0.141. The third kappa shape index (κ3) is 1.18. The number of carbonyl (C=O) groups is 1. The summed E-state index contributed by atoms with van der Waals surface area (Å²) in [6, 6.07) is 7.76. The zero-order chi connectivity index (χ0) is 8.55. The fraction of sp³-hybridized carbons (Fsp3) is 0.100. The minimum absolute atomic E-state index is 0.141. The highest BCUT2D eigenvalue weighted by Gasteiger charge is 2.13. The van der Waals surface area contributed by atoms with Gasteiger partial charge in [-0.3, -0.25) is 4.79 Å². The Morgan fingerprint density at radius 1 is 1.25 bits per heavy atom. The van der Waals surface area contributed by atoms with Gasteiger partial charge in [0, 0.05) is 10.5 Å². The van der Waals surface area contributed by atoms with Gasteiger partial charge in [0.25, 0.3) is 0 Å². The fourth-order valence-electron chi connectivity index (χ4n) is 1.27. The summed E-state index contributed by atoms with van der Waals surface area (Å²) in [7, 11) is 0. The van der Waals surface area contributed by atoms with Crippen molar-refractivity contribution in [1.29, 1.82) is 0 Å². The maximum Gasteiger partial charge on any atom is 0.187 e. The molecule has 1 heterocycles. The molecule has 1 aliphatic heterocycles. The Hall–Kier alpha value is -1.02. The first kappa shape index (κ1) is 7.62. The molecule has 0 aliphatic carbocycles. The minimum Gasteiger partial charge on any atom is -0.289 e. The third-order valence-corrected chi connectivity index (χ3v) is 2.92. The molecule has 0 amide bonds. The Balaban J connectivity index is 2.56. The molecule has 12 heavy (non-hydrogen) atoms. The van der Waals surface area contributed by atoms with Gasteiger partial charge in [-0.15, -0.1) is 0 Å². The molecule has 0 bridgehead atoms. The molecule has 0 aromatic heterocycles. The largest absolute Gasteiger partial charge is 0.289 e. The molecule has 0 saturated heterocycles. The van der Waals surface area contributed by atoms with Crippen LogP contribution in [0.2, 0.25) is 0 Å². The minimum atomic E-state index is 0.141. The maximum atomic E-state index is 11.4. The van der Waals surface area contributed by atoms with E-state index in [1.54, 1.807) is 6.08 Å². The van der Waals surface area contributed by atoms with Crippen LogP contribution in [0.1, 0.15) is 17.3 Å². The van der Waals surface area contributed by atoms with Crippen LogP contribution in [0.15, 0.2) is 40.1 Å². The van der Waals surface area contributed by atoms with Gasteiger partial charge in [-0.1, -0.05) is 12.1 Å². The molecule has 0 fully saturated rings. The average molecular weight is 177 g/mol. The molecular formula is C10H9OS. The summed E-state index contributed by atoms with van der Waals surface area (Å²) in [6.45, 7) is 1.98. The highest BCUT2D eigenvalue weighted by atomic mass is 32.2. The normalized spacial score (nSPS) is 15.4. The van der Waals surface area contributed by atoms with E-state index in [4.69, 9.17) is 0 Å². The van der Waals surface area contributed by atoms with E-state index in [9.17, 15) is 4.79 Å². The second kappa shape index (κ2) is 2.79. The summed E-state index contributed by atoms with van der Waals surface area (Å²) >= 11 is 1.16. The molecule has 1 aromatic rings. The van der Waals surface area contributed by atoms with E-state index in [1.165, 1.54) is 0 Å². The molecule has 0 spiro atoms. The van der Waals surface area contributed by atoms with Crippen LogP contribution in [0.25, 0.3) is 0 Å². The van der Waals surface area contributed by atoms with Crippen LogP contribution in [-0.4, -0.2) is 5.78 Å². The highest BCUT2D eigenvalue weighted by Crippen LogP contribution is 2.33. The van der Waals surface area contributed by atoms with Gasteiger partial charge in [-0.2, -0.15) is 11.8 Å². The first-order valence-corrected chi connectivity index (χ1v) is 4.70. The van der Waals surface area contributed by atoms with Crippen LogP contribution >= 0.6 is 11.8 Å². The second-order valence-electron chi connectivity index (χ2n) is 2.78. The standard InChI is InChI=1S/C10H9OS/c1-7-6-9(11)8-4-2-3-5-10(8)12-7/h2-6,12H,1H3. The van der Waals surface area contributed by atoms with Crippen LogP contribution in [-0.2, 0) is 0 Å². The number of carbonyl (C=O) groups excluding carboxylic acids is 1. The topological polar surface area (TPSA) is 17.1 Å². The van der Waals surface area contributed by atoms with Crippen molar-refractivity contribution in [3.63, 3.8) is 0 Å². The fourth-order valence-corrected chi connectivity index (χ4v) is 2.30. The molecule has 0 saturated carbocycles. The van der Waals surface area contributed by atoms with Crippen molar-refractivity contribution in [2.24, 2.45) is 0 Å². The van der Waals surface area contributed by atoms with Gasteiger partial charge in [-0.05, 0) is 30.0 Å². The highest BCUT2D eigenvalue weighted by molar-refractivity contribution is 8.03. The molecule has 1 aromatic carbocycles.